The van der Waals surface area contributed by atoms with Crippen LogP contribution in [-0.4, -0.2) is 29.6 Å². The van der Waals surface area contributed by atoms with Crippen molar-refractivity contribution >= 4 is 23.2 Å². The van der Waals surface area contributed by atoms with E-state index in [1.807, 2.05) is 27.7 Å². The first-order chi connectivity index (χ1) is 9.35. The van der Waals surface area contributed by atoms with Gasteiger partial charge in [0.2, 0.25) is 0 Å². The molecule has 0 aliphatic heterocycles. The smallest absolute Gasteiger partial charge is 0.349 e. The lowest BCUT2D eigenvalue weighted by molar-refractivity contribution is -0.123. The van der Waals surface area contributed by atoms with Gasteiger partial charge in [-0.05, 0) is 25.3 Å². The zero-order valence-corrected chi connectivity index (χ0v) is 13.0. The highest BCUT2D eigenvalue weighted by Gasteiger charge is 2.19. The van der Waals surface area contributed by atoms with E-state index >= 15 is 0 Å². The number of hydrogen-bond acceptors (Lipinski definition) is 4. The van der Waals surface area contributed by atoms with Gasteiger partial charge in [-0.15, -0.1) is 11.3 Å². The summed E-state index contributed by atoms with van der Waals surface area (Å²) in [5, 5.41) is 11.9. The highest BCUT2D eigenvalue weighted by molar-refractivity contribution is 7.14. The summed E-state index contributed by atoms with van der Waals surface area (Å²) in [4.78, 5) is 23.9. The summed E-state index contributed by atoms with van der Waals surface area (Å²) in [5.74, 6) is -0.776. The quantitative estimate of drug-likeness (QED) is 0.811. The van der Waals surface area contributed by atoms with Crippen molar-refractivity contribution in [3.63, 3.8) is 0 Å². The monoisotopic (exact) mass is 299 g/mol. The fraction of sp³-hybridized carbons (Fsp3) is 0.571. The van der Waals surface area contributed by atoms with Gasteiger partial charge >= 0.3 is 5.97 Å². The van der Waals surface area contributed by atoms with Gasteiger partial charge in [0.1, 0.15) is 5.75 Å². The molecule has 2 N–H and O–H groups in total. The molecule has 1 aromatic rings. The predicted octanol–water partition coefficient (Wildman–Crippen LogP) is 2.86. The Balaban J connectivity index is 2.71. The van der Waals surface area contributed by atoms with Crippen LogP contribution in [0.3, 0.4) is 0 Å². The van der Waals surface area contributed by atoms with Crippen molar-refractivity contribution in [1.29, 1.82) is 0 Å². The first-order valence-corrected chi connectivity index (χ1v) is 7.46. The Bertz CT molecular complexity index is 482. The van der Waals surface area contributed by atoms with Gasteiger partial charge in [-0.2, -0.15) is 0 Å². The minimum Gasteiger partial charge on any atom is -0.482 e. The number of ether oxygens (including phenoxy) is 1. The molecule has 5 nitrogen and oxygen atoms in total. The van der Waals surface area contributed by atoms with Crippen molar-refractivity contribution in [1.82, 2.24) is 5.32 Å². The first kappa shape index (κ1) is 16.5. The molecule has 0 aliphatic rings. The van der Waals surface area contributed by atoms with E-state index in [-0.39, 0.29) is 35.1 Å². The summed E-state index contributed by atoms with van der Waals surface area (Å²) in [6.45, 7) is 7.68. The van der Waals surface area contributed by atoms with Crippen molar-refractivity contribution in [3.8, 4) is 5.75 Å². The molecule has 1 amide bonds. The second kappa shape index (κ2) is 7.28. The van der Waals surface area contributed by atoms with Crippen LogP contribution in [0.15, 0.2) is 6.07 Å². The van der Waals surface area contributed by atoms with Gasteiger partial charge in [0.25, 0.3) is 5.91 Å². The molecule has 0 aliphatic carbocycles. The molecule has 0 aromatic carbocycles. The number of nitrogens with one attached hydrogen (secondary N) is 1. The fourth-order valence-electron chi connectivity index (χ4n) is 1.49. The van der Waals surface area contributed by atoms with Gasteiger partial charge in [0, 0.05) is 10.9 Å². The van der Waals surface area contributed by atoms with Gasteiger partial charge in [-0.3, -0.25) is 4.79 Å². The zero-order valence-electron chi connectivity index (χ0n) is 12.2. The number of thiophene rings is 1. The second-order valence-corrected chi connectivity index (χ2v) is 6.05. The van der Waals surface area contributed by atoms with Crippen molar-refractivity contribution in [2.24, 2.45) is 0 Å². The number of carbonyl (C=O) groups excluding carboxylic acids is 1. The number of hydrogen-bond donors (Lipinski definition) is 2. The maximum atomic E-state index is 11.6. The van der Waals surface area contributed by atoms with E-state index in [0.29, 0.717) is 0 Å². The van der Waals surface area contributed by atoms with Crippen molar-refractivity contribution < 1.29 is 19.4 Å². The molecule has 1 aromatic heterocycles. The number of carboxylic acids is 1. The SMILES string of the molecule is CCC(C)NC(=O)COc1cc(C(C)C)sc1C(=O)O. The summed E-state index contributed by atoms with van der Waals surface area (Å²) in [6, 6.07) is 1.79. The average molecular weight is 299 g/mol. The third-order valence-electron chi connectivity index (χ3n) is 2.86. The fourth-order valence-corrected chi connectivity index (χ4v) is 2.44. The van der Waals surface area contributed by atoms with Crippen LogP contribution in [0.2, 0.25) is 0 Å². The Hall–Kier alpha value is -1.56. The molecular formula is C14H21NO4S. The first-order valence-electron chi connectivity index (χ1n) is 6.64. The molecular weight excluding hydrogens is 278 g/mol. The highest BCUT2D eigenvalue weighted by Crippen LogP contribution is 2.33. The van der Waals surface area contributed by atoms with Crippen LogP contribution in [0.4, 0.5) is 0 Å². The van der Waals surface area contributed by atoms with Gasteiger partial charge in [-0.25, -0.2) is 4.79 Å². The van der Waals surface area contributed by atoms with Crippen LogP contribution in [0.5, 0.6) is 5.75 Å². The zero-order chi connectivity index (χ0) is 15.3. The summed E-state index contributed by atoms with van der Waals surface area (Å²) in [6.07, 6.45) is 0.835. The number of aromatic carboxylic acids is 1. The summed E-state index contributed by atoms with van der Waals surface area (Å²) >= 11 is 1.19. The maximum absolute atomic E-state index is 11.6. The second-order valence-electron chi connectivity index (χ2n) is 4.97. The van der Waals surface area contributed by atoms with Crippen LogP contribution >= 0.6 is 11.3 Å². The molecule has 0 bridgehead atoms. The van der Waals surface area contributed by atoms with E-state index in [9.17, 15) is 9.59 Å². The maximum Gasteiger partial charge on any atom is 0.349 e. The van der Waals surface area contributed by atoms with Crippen LogP contribution in [-0.2, 0) is 4.79 Å². The lowest BCUT2D eigenvalue weighted by Gasteiger charge is -2.11. The number of carboxylic acid groups (broad SMARTS) is 1. The molecule has 0 saturated carbocycles. The van der Waals surface area contributed by atoms with E-state index in [2.05, 4.69) is 5.32 Å². The number of rotatable bonds is 7. The standard InChI is InChI=1S/C14H21NO4S/c1-5-9(4)15-12(16)7-19-10-6-11(8(2)3)20-13(10)14(17)18/h6,8-9H,5,7H2,1-4H3,(H,15,16)(H,17,18). The molecule has 1 rings (SSSR count). The molecule has 0 spiro atoms. The van der Waals surface area contributed by atoms with Crippen LogP contribution in [0.1, 0.15) is 54.6 Å². The van der Waals surface area contributed by atoms with E-state index in [1.165, 1.54) is 11.3 Å². The Labute approximate surface area is 123 Å². The minimum absolute atomic E-state index is 0.0822. The topological polar surface area (TPSA) is 75.6 Å². The van der Waals surface area contributed by atoms with E-state index in [4.69, 9.17) is 9.84 Å². The third-order valence-corrected chi connectivity index (χ3v) is 4.26. The molecule has 0 radical (unpaired) electrons. The van der Waals surface area contributed by atoms with Crippen LogP contribution < -0.4 is 10.1 Å². The van der Waals surface area contributed by atoms with Gasteiger partial charge in [-0.1, -0.05) is 20.8 Å². The van der Waals surface area contributed by atoms with Crippen LogP contribution in [0, 0.1) is 0 Å². The van der Waals surface area contributed by atoms with Crippen molar-refractivity contribution in [3.05, 3.63) is 15.8 Å². The molecule has 0 fully saturated rings. The van der Waals surface area contributed by atoms with Crippen molar-refractivity contribution in [2.75, 3.05) is 6.61 Å². The predicted molar refractivity (Wildman–Crippen MR) is 78.8 cm³/mol. The largest absolute Gasteiger partial charge is 0.482 e. The summed E-state index contributed by atoms with van der Waals surface area (Å²) < 4.78 is 5.35. The van der Waals surface area contributed by atoms with Crippen molar-refractivity contribution in [2.45, 2.75) is 46.1 Å². The van der Waals surface area contributed by atoms with E-state index < -0.39 is 5.97 Å². The Morgan fingerprint density at radius 2 is 2.05 bits per heavy atom. The van der Waals surface area contributed by atoms with Crippen LogP contribution in [0.25, 0.3) is 0 Å². The van der Waals surface area contributed by atoms with E-state index in [0.717, 1.165) is 11.3 Å². The molecule has 0 saturated heterocycles. The number of carbonyl (C=O) groups is 2. The lowest BCUT2D eigenvalue weighted by atomic mass is 10.2. The van der Waals surface area contributed by atoms with Gasteiger partial charge in [0.05, 0.1) is 0 Å². The summed E-state index contributed by atoms with van der Waals surface area (Å²) in [5.41, 5.74) is 0. The van der Waals surface area contributed by atoms with E-state index in [1.54, 1.807) is 6.07 Å². The summed E-state index contributed by atoms with van der Waals surface area (Å²) in [7, 11) is 0. The molecule has 1 unspecified atom stereocenters. The number of amides is 1. The Kier molecular flexibility index (Phi) is 6.01. The van der Waals surface area contributed by atoms with Gasteiger partial charge < -0.3 is 15.2 Å². The third kappa shape index (κ3) is 4.52. The Morgan fingerprint density at radius 3 is 2.55 bits per heavy atom. The Morgan fingerprint density at radius 1 is 1.40 bits per heavy atom. The molecule has 1 atom stereocenters. The average Bonchev–Trinajstić information content (AvgIpc) is 2.80. The molecule has 1 heterocycles. The van der Waals surface area contributed by atoms with Gasteiger partial charge in [0.15, 0.2) is 11.5 Å². The molecule has 6 heteroatoms. The molecule has 20 heavy (non-hydrogen) atoms. The lowest BCUT2D eigenvalue weighted by Crippen LogP contribution is -2.35. The normalized spacial score (nSPS) is 12.2. The minimum atomic E-state index is -1.03. The molecule has 112 valence electrons. The highest BCUT2D eigenvalue weighted by atomic mass is 32.1.